The summed E-state index contributed by atoms with van der Waals surface area (Å²) in [5.74, 6) is 1.43. The maximum Gasteiger partial charge on any atom is 0.128 e. The van der Waals surface area contributed by atoms with Gasteiger partial charge in [-0.05, 0) is 44.6 Å². The number of hydrogen-bond donors (Lipinski definition) is 2. The highest BCUT2D eigenvalue weighted by Crippen LogP contribution is 2.11. The van der Waals surface area contributed by atoms with Crippen LogP contribution < -0.4 is 5.73 Å². The third kappa shape index (κ3) is 33.3. The third-order valence-electron chi connectivity index (χ3n) is 3.05. The van der Waals surface area contributed by atoms with Crippen molar-refractivity contribution in [2.45, 2.75) is 67.7 Å². The highest BCUT2D eigenvalue weighted by Gasteiger charge is 2.09. The minimum atomic E-state index is 0.567. The monoisotopic (exact) mass is 419 g/mol. The van der Waals surface area contributed by atoms with Crippen LogP contribution in [-0.2, 0) is 0 Å². The molecule has 0 aliphatic rings. The Morgan fingerprint density at radius 3 is 2.17 bits per heavy atom. The van der Waals surface area contributed by atoms with Crippen LogP contribution in [0.4, 0.5) is 0 Å². The first-order chi connectivity index (χ1) is 14.5. The highest BCUT2D eigenvalue weighted by atomic mass is 15.2. The predicted octanol–water partition coefficient (Wildman–Crippen LogP) is 6.65. The van der Waals surface area contributed by atoms with Gasteiger partial charge in [-0.3, -0.25) is 4.99 Å². The van der Waals surface area contributed by atoms with Crippen LogP contribution in [0.5, 0.6) is 0 Å². The number of nitrogens with two attached hydrogens (primary N) is 1. The molecule has 0 saturated heterocycles. The van der Waals surface area contributed by atoms with Gasteiger partial charge in [-0.25, -0.2) is 4.99 Å². The van der Waals surface area contributed by atoms with Gasteiger partial charge in [0, 0.05) is 38.3 Å². The zero-order valence-corrected chi connectivity index (χ0v) is 20.8. The van der Waals surface area contributed by atoms with E-state index in [1.807, 2.05) is 32.9 Å². The van der Waals surface area contributed by atoms with Gasteiger partial charge in [0.05, 0.1) is 0 Å². The minimum Gasteiger partial charge on any atom is -0.356 e. The van der Waals surface area contributed by atoms with Crippen LogP contribution in [0.1, 0.15) is 67.7 Å². The molecule has 30 heavy (non-hydrogen) atoms. The van der Waals surface area contributed by atoms with E-state index in [0.29, 0.717) is 12.5 Å². The number of nitrogens with zero attached hydrogens (tertiary/aromatic N) is 3. The Labute approximate surface area is 187 Å². The molecule has 0 unspecified atom stereocenters. The minimum absolute atomic E-state index is 0.567. The molecule has 0 spiro atoms. The molecular formula is C25H49N5. The van der Waals surface area contributed by atoms with E-state index in [1.165, 1.54) is 12.4 Å². The van der Waals surface area contributed by atoms with E-state index in [4.69, 9.17) is 11.1 Å². The first-order valence-corrected chi connectivity index (χ1v) is 11.0. The van der Waals surface area contributed by atoms with Crippen LogP contribution >= 0.6 is 0 Å². The van der Waals surface area contributed by atoms with Crippen molar-refractivity contribution in [1.29, 1.82) is 5.41 Å². The summed E-state index contributed by atoms with van der Waals surface area (Å²) in [5.41, 5.74) is 4.91. The highest BCUT2D eigenvalue weighted by molar-refractivity contribution is 6.14. The molecule has 0 aromatic heterocycles. The standard InChI is InChI=1S/C15H26N4.C5H10.C3H7N.C2H6/c1-5-6-12-19(13-14(2)3)15(18-11-9-16)8-7-10-17-4;1-3-5-4-2;1-2-3-4;1-2/h7-11,14,16H,4-6,12-13H2,1-3H3;3,5H,4H2,1-2H3;2H,1,3-4H2;1-2H3/b10-7+,15-8+,16-9?,18-11+;5-3+;;. The SMILES string of the molecule is C/C=C/CC.C=CCN.C=N/C=C/C=C(\N=C\C=N)N(CCCC)CC(C)C.CC. The number of nitrogens with one attached hydrogen (secondary N) is 1. The normalized spacial score (nSPS) is 10.6. The lowest BCUT2D eigenvalue weighted by molar-refractivity contribution is 0.297. The van der Waals surface area contributed by atoms with E-state index in [-0.39, 0.29) is 0 Å². The second kappa shape index (κ2) is 34.3. The summed E-state index contributed by atoms with van der Waals surface area (Å²) in [6, 6.07) is 0. The van der Waals surface area contributed by atoms with Gasteiger partial charge in [-0.15, -0.1) is 6.58 Å². The Hall–Kier alpha value is -2.27. The molecule has 0 radical (unpaired) electrons. The van der Waals surface area contributed by atoms with Gasteiger partial charge in [-0.1, -0.05) is 66.2 Å². The predicted molar refractivity (Wildman–Crippen MR) is 141 cm³/mol. The molecule has 0 atom stereocenters. The Balaban J connectivity index is -0.000000253. The van der Waals surface area contributed by atoms with Crippen LogP contribution in [0.3, 0.4) is 0 Å². The molecule has 0 amide bonds. The van der Waals surface area contributed by atoms with Crippen molar-refractivity contribution < 1.29 is 0 Å². The van der Waals surface area contributed by atoms with E-state index >= 15 is 0 Å². The molecule has 3 N–H and O–H groups in total. The smallest absolute Gasteiger partial charge is 0.128 e. The fourth-order valence-electron chi connectivity index (χ4n) is 1.86. The average Bonchev–Trinajstić information content (AvgIpc) is 2.76. The molecule has 0 bridgehead atoms. The number of aliphatic imine (C=N–C) groups is 2. The van der Waals surface area contributed by atoms with Gasteiger partial charge in [0.15, 0.2) is 0 Å². The van der Waals surface area contributed by atoms with Crippen LogP contribution in [0, 0.1) is 11.3 Å². The molecule has 0 aromatic carbocycles. The van der Waals surface area contributed by atoms with Crippen LogP contribution in [0.2, 0.25) is 0 Å². The summed E-state index contributed by atoms with van der Waals surface area (Å²) in [6.45, 7) is 24.0. The summed E-state index contributed by atoms with van der Waals surface area (Å²) < 4.78 is 0. The zero-order chi connectivity index (χ0) is 24.0. The molecule has 174 valence electrons. The first kappa shape index (κ1) is 35.2. The van der Waals surface area contributed by atoms with Gasteiger partial charge in [-0.2, -0.15) is 0 Å². The lowest BCUT2D eigenvalue weighted by Crippen LogP contribution is -2.27. The summed E-state index contributed by atoms with van der Waals surface area (Å²) in [4.78, 5) is 10.3. The fraction of sp³-hybridized carbons (Fsp3) is 0.560. The summed E-state index contributed by atoms with van der Waals surface area (Å²) in [5, 5.41) is 7.06. The van der Waals surface area contributed by atoms with Gasteiger partial charge >= 0.3 is 0 Å². The number of allylic oxidation sites excluding steroid dienone is 4. The molecule has 0 aliphatic heterocycles. The summed E-state index contributed by atoms with van der Waals surface area (Å²) in [6.07, 6.45) is 17.3. The molecular weight excluding hydrogens is 370 g/mol. The number of rotatable bonds is 12. The molecule has 0 fully saturated rings. The Morgan fingerprint density at radius 2 is 1.83 bits per heavy atom. The molecule has 5 nitrogen and oxygen atoms in total. The molecule has 0 aliphatic carbocycles. The van der Waals surface area contributed by atoms with Crippen molar-refractivity contribution in [1.82, 2.24) is 4.90 Å². The van der Waals surface area contributed by atoms with Crippen molar-refractivity contribution in [3.8, 4) is 0 Å². The molecule has 0 rings (SSSR count). The van der Waals surface area contributed by atoms with Crippen molar-refractivity contribution in [2.24, 2.45) is 21.6 Å². The lowest BCUT2D eigenvalue weighted by atomic mass is 10.2. The molecule has 5 heteroatoms. The summed E-state index contributed by atoms with van der Waals surface area (Å²) in [7, 11) is 0. The Bertz CT molecular complexity index is 474. The van der Waals surface area contributed by atoms with Crippen molar-refractivity contribution in [3.63, 3.8) is 0 Å². The second-order valence-electron chi connectivity index (χ2n) is 6.19. The second-order valence-corrected chi connectivity index (χ2v) is 6.19. The Morgan fingerprint density at radius 1 is 1.23 bits per heavy atom. The zero-order valence-electron chi connectivity index (χ0n) is 20.8. The number of hydrogen-bond acceptors (Lipinski definition) is 5. The van der Waals surface area contributed by atoms with E-state index in [9.17, 15) is 0 Å². The van der Waals surface area contributed by atoms with Gasteiger partial charge in [0.25, 0.3) is 0 Å². The first-order valence-electron chi connectivity index (χ1n) is 11.0. The van der Waals surface area contributed by atoms with Gasteiger partial charge in [0.2, 0.25) is 0 Å². The molecule has 0 saturated carbocycles. The summed E-state index contributed by atoms with van der Waals surface area (Å²) >= 11 is 0. The van der Waals surface area contributed by atoms with E-state index < -0.39 is 0 Å². The van der Waals surface area contributed by atoms with Crippen molar-refractivity contribution in [2.75, 3.05) is 19.6 Å². The third-order valence-corrected chi connectivity index (χ3v) is 3.05. The Kier molecular flexibility index (Phi) is 40.2. The fourth-order valence-corrected chi connectivity index (χ4v) is 1.86. The molecule has 0 aromatic rings. The van der Waals surface area contributed by atoms with E-state index in [0.717, 1.165) is 38.2 Å². The van der Waals surface area contributed by atoms with Crippen molar-refractivity contribution >= 4 is 19.1 Å². The maximum atomic E-state index is 7.06. The quantitative estimate of drug-likeness (QED) is 0.211. The van der Waals surface area contributed by atoms with Gasteiger partial charge < -0.3 is 16.0 Å². The van der Waals surface area contributed by atoms with Crippen LogP contribution in [0.25, 0.3) is 0 Å². The van der Waals surface area contributed by atoms with Crippen LogP contribution in [0.15, 0.2) is 59.0 Å². The lowest BCUT2D eigenvalue weighted by Gasteiger charge is -2.26. The van der Waals surface area contributed by atoms with Crippen molar-refractivity contribution in [3.05, 3.63) is 49.0 Å². The topological polar surface area (TPSA) is 77.8 Å². The average molecular weight is 420 g/mol. The largest absolute Gasteiger partial charge is 0.356 e. The maximum absolute atomic E-state index is 7.06. The number of unbranched alkanes of at least 4 members (excludes halogenated alkanes) is 1. The van der Waals surface area contributed by atoms with E-state index in [1.54, 1.807) is 12.3 Å². The van der Waals surface area contributed by atoms with Crippen LogP contribution in [-0.4, -0.2) is 43.7 Å². The van der Waals surface area contributed by atoms with Gasteiger partial charge in [0.1, 0.15) is 5.82 Å². The van der Waals surface area contributed by atoms with E-state index in [2.05, 4.69) is 68.0 Å². The molecule has 0 heterocycles.